The summed E-state index contributed by atoms with van der Waals surface area (Å²) < 4.78 is 0. The van der Waals surface area contributed by atoms with E-state index in [4.69, 9.17) is 0 Å². The number of carbonyl (C=O) groups excluding carboxylic acids is 2. The van der Waals surface area contributed by atoms with Gasteiger partial charge in [0.05, 0.1) is 0 Å². The highest BCUT2D eigenvalue weighted by molar-refractivity contribution is 6.06. The molecule has 0 atom stereocenters. The number of hydrogen-bond acceptors (Lipinski definition) is 2. The van der Waals surface area contributed by atoms with Crippen molar-refractivity contribution in [3.05, 3.63) is 60.2 Å². The van der Waals surface area contributed by atoms with E-state index in [9.17, 15) is 9.59 Å². The zero-order chi connectivity index (χ0) is 14.5. The van der Waals surface area contributed by atoms with Gasteiger partial charge in [-0.1, -0.05) is 24.3 Å². The number of nitrogens with zero attached hydrogens (tertiary/aromatic N) is 1. The van der Waals surface area contributed by atoms with Crippen molar-refractivity contribution in [3.8, 4) is 0 Å². The van der Waals surface area contributed by atoms with Gasteiger partial charge in [0.2, 0.25) is 5.91 Å². The zero-order valence-corrected chi connectivity index (χ0v) is 11.5. The molecule has 0 aliphatic heterocycles. The van der Waals surface area contributed by atoms with Crippen molar-refractivity contribution in [1.82, 2.24) is 0 Å². The summed E-state index contributed by atoms with van der Waals surface area (Å²) in [5, 5.41) is 2.67. The molecule has 1 N–H and O–H groups in total. The molecule has 0 aliphatic rings. The van der Waals surface area contributed by atoms with E-state index < -0.39 is 0 Å². The largest absolute Gasteiger partial charge is 0.326 e. The third kappa shape index (κ3) is 3.23. The molecule has 0 bridgehead atoms. The Balaban J connectivity index is 2.23. The molecule has 2 aromatic rings. The molecule has 0 aliphatic carbocycles. The van der Waals surface area contributed by atoms with E-state index in [1.165, 1.54) is 6.92 Å². The second-order valence-electron chi connectivity index (χ2n) is 4.46. The molecule has 2 aromatic carbocycles. The fraction of sp³-hybridized carbons (Fsp3) is 0.125. The van der Waals surface area contributed by atoms with E-state index in [0.29, 0.717) is 11.3 Å². The van der Waals surface area contributed by atoms with Crippen molar-refractivity contribution in [2.45, 2.75) is 6.92 Å². The van der Waals surface area contributed by atoms with E-state index in [2.05, 4.69) is 5.32 Å². The van der Waals surface area contributed by atoms with Crippen molar-refractivity contribution < 1.29 is 9.59 Å². The summed E-state index contributed by atoms with van der Waals surface area (Å²) in [5.41, 5.74) is 1.97. The lowest BCUT2D eigenvalue weighted by Gasteiger charge is -2.17. The first-order valence-electron chi connectivity index (χ1n) is 6.28. The van der Waals surface area contributed by atoms with E-state index in [1.807, 2.05) is 30.3 Å². The third-order valence-corrected chi connectivity index (χ3v) is 2.88. The minimum Gasteiger partial charge on any atom is -0.326 e. The molecule has 0 saturated carbocycles. The molecule has 4 nitrogen and oxygen atoms in total. The van der Waals surface area contributed by atoms with Crippen LogP contribution >= 0.6 is 0 Å². The maximum Gasteiger partial charge on any atom is 0.258 e. The van der Waals surface area contributed by atoms with Gasteiger partial charge in [-0.05, 0) is 30.3 Å². The van der Waals surface area contributed by atoms with Crippen LogP contribution in [0.3, 0.4) is 0 Å². The second kappa shape index (κ2) is 6.02. The van der Waals surface area contributed by atoms with Crippen molar-refractivity contribution in [2.24, 2.45) is 0 Å². The van der Waals surface area contributed by atoms with Gasteiger partial charge in [0.15, 0.2) is 0 Å². The number of amides is 2. The number of hydrogen-bond donors (Lipinski definition) is 1. The van der Waals surface area contributed by atoms with Crippen LogP contribution in [-0.2, 0) is 4.79 Å². The topological polar surface area (TPSA) is 49.4 Å². The van der Waals surface area contributed by atoms with Gasteiger partial charge in [-0.2, -0.15) is 0 Å². The summed E-state index contributed by atoms with van der Waals surface area (Å²) >= 11 is 0. The molecular formula is C16H16N2O2. The predicted molar refractivity (Wildman–Crippen MR) is 79.9 cm³/mol. The van der Waals surface area contributed by atoms with Crippen LogP contribution in [0.2, 0.25) is 0 Å². The average Bonchev–Trinajstić information content (AvgIpc) is 2.46. The molecule has 0 aromatic heterocycles. The summed E-state index contributed by atoms with van der Waals surface area (Å²) in [6, 6.07) is 16.3. The highest BCUT2D eigenvalue weighted by Gasteiger charge is 2.13. The van der Waals surface area contributed by atoms with Gasteiger partial charge >= 0.3 is 0 Å². The van der Waals surface area contributed by atoms with E-state index >= 15 is 0 Å². The summed E-state index contributed by atoms with van der Waals surface area (Å²) in [5.74, 6) is -0.283. The van der Waals surface area contributed by atoms with E-state index in [-0.39, 0.29) is 11.8 Å². The Morgan fingerprint density at radius 2 is 1.70 bits per heavy atom. The number of rotatable bonds is 3. The number of nitrogens with one attached hydrogen (secondary N) is 1. The Morgan fingerprint density at radius 3 is 2.35 bits per heavy atom. The molecule has 4 heteroatoms. The smallest absolute Gasteiger partial charge is 0.258 e. The van der Waals surface area contributed by atoms with Gasteiger partial charge < -0.3 is 10.2 Å². The predicted octanol–water partition coefficient (Wildman–Crippen LogP) is 2.92. The van der Waals surface area contributed by atoms with Gasteiger partial charge in [-0.3, -0.25) is 9.59 Å². The van der Waals surface area contributed by atoms with Crippen molar-refractivity contribution >= 4 is 23.2 Å². The third-order valence-electron chi connectivity index (χ3n) is 2.88. The average molecular weight is 268 g/mol. The van der Waals surface area contributed by atoms with Crippen molar-refractivity contribution in [3.63, 3.8) is 0 Å². The molecule has 0 radical (unpaired) electrons. The Kier molecular flexibility index (Phi) is 4.15. The Hall–Kier alpha value is -2.62. The minimum atomic E-state index is -0.161. The monoisotopic (exact) mass is 268 g/mol. The number of anilines is 2. The molecule has 0 saturated heterocycles. The molecule has 0 spiro atoms. The first-order chi connectivity index (χ1) is 9.58. The molecule has 2 rings (SSSR count). The maximum absolute atomic E-state index is 12.4. The summed E-state index contributed by atoms with van der Waals surface area (Å²) in [6.45, 7) is 1.44. The molecule has 0 heterocycles. The number of para-hydroxylation sites is 1. The van der Waals surface area contributed by atoms with Crippen LogP contribution in [0.15, 0.2) is 54.6 Å². The second-order valence-corrected chi connectivity index (χ2v) is 4.46. The number of carbonyl (C=O) groups is 2. The highest BCUT2D eigenvalue weighted by Crippen LogP contribution is 2.17. The van der Waals surface area contributed by atoms with Crippen molar-refractivity contribution in [2.75, 3.05) is 17.3 Å². The van der Waals surface area contributed by atoms with Gasteiger partial charge in [0.1, 0.15) is 0 Å². The Labute approximate surface area is 118 Å². The standard InChI is InChI=1S/C16H16N2O2/c1-12(19)17-14-8-6-7-13(11-14)16(20)18(2)15-9-4-3-5-10-15/h3-11H,1-2H3,(H,17,19). The highest BCUT2D eigenvalue weighted by atomic mass is 16.2. The molecule has 0 unspecified atom stereocenters. The first kappa shape index (κ1) is 13.8. The lowest BCUT2D eigenvalue weighted by Crippen LogP contribution is -2.26. The molecule has 0 fully saturated rings. The quantitative estimate of drug-likeness (QED) is 0.930. The maximum atomic E-state index is 12.4. The van der Waals surface area contributed by atoms with Crippen LogP contribution in [0.25, 0.3) is 0 Å². The van der Waals surface area contributed by atoms with Crippen molar-refractivity contribution in [1.29, 1.82) is 0 Å². The molecule has 20 heavy (non-hydrogen) atoms. The van der Waals surface area contributed by atoms with Gasteiger partial charge in [0.25, 0.3) is 5.91 Å². The van der Waals surface area contributed by atoms with Gasteiger partial charge in [-0.25, -0.2) is 0 Å². The minimum absolute atomic E-state index is 0.122. The van der Waals surface area contributed by atoms with Gasteiger partial charge in [-0.15, -0.1) is 0 Å². The lowest BCUT2D eigenvalue weighted by molar-refractivity contribution is -0.114. The van der Waals surface area contributed by atoms with E-state index in [1.54, 1.807) is 36.2 Å². The van der Waals surface area contributed by atoms with Gasteiger partial charge in [0, 0.05) is 30.9 Å². The fourth-order valence-electron chi connectivity index (χ4n) is 1.90. The van der Waals surface area contributed by atoms with Crippen LogP contribution < -0.4 is 10.2 Å². The van der Waals surface area contributed by atoms with Crippen LogP contribution in [0, 0.1) is 0 Å². The van der Waals surface area contributed by atoms with Crippen LogP contribution in [0.4, 0.5) is 11.4 Å². The normalized spacial score (nSPS) is 9.90. The van der Waals surface area contributed by atoms with Crippen LogP contribution in [0.1, 0.15) is 17.3 Å². The van der Waals surface area contributed by atoms with E-state index in [0.717, 1.165) is 5.69 Å². The molecule has 102 valence electrons. The summed E-state index contributed by atoms with van der Waals surface area (Å²) in [7, 11) is 1.72. The molecular weight excluding hydrogens is 252 g/mol. The first-order valence-corrected chi connectivity index (χ1v) is 6.28. The Morgan fingerprint density at radius 1 is 1.00 bits per heavy atom. The Bertz CT molecular complexity index is 623. The summed E-state index contributed by atoms with van der Waals surface area (Å²) in [6.07, 6.45) is 0. The fourth-order valence-corrected chi connectivity index (χ4v) is 1.90. The lowest BCUT2D eigenvalue weighted by atomic mass is 10.1. The zero-order valence-electron chi connectivity index (χ0n) is 11.5. The van der Waals surface area contributed by atoms with Crippen LogP contribution in [-0.4, -0.2) is 18.9 Å². The number of benzene rings is 2. The van der Waals surface area contributed by atoms with Crippen LogP contribution in [0.5, 0.6) is 0 Å². The summed E-state index contributed by atoms with van der Waals surface area (Å²) in [4.78, 5) is 25.0. The SMILES string of the molecule is CC(=O)Nc1cccc(C(=O)N(C)c2ccccc2)c1. The molecule has 2 amide bonds.